The highest BCUT2D eigenvalue weighted by Crippen LogP contribution is 2.37. The molecule has 3 aromatic carbocycles. The van der Waals surface area contributed by atoms with E-state index in [9.17, 15) is 14.4 Å². The van der Waals surface area contributed by atoms with Crippen LogP contribution in [0.1, 0.15) is 23.6 Å². The Morgan fingerprint density at radius 3 is 2.45 bits per heavy atom. The Labute approximate surface area is 234 Å². The Morgan fingerprint density at radius 2 is 1.74 bits per heavy atom. The van der Waals surface area contributed by atoms with Gasteiger partial charge in [-0.05, 0) is 79.2 Å². The number of halogens is 2. The Kier molecular flexibility index (Phi) is 8.99. The number of ether oxygens (including phenoxy) is 2. The number of benzene rings is 3. The van der Waals surface area contributed by atoms with E-state index in [0.717, 1.165) is 22.2 Å². The van der Waals surface area contributed by atoms with Gasteiger partial charge >= 0.3 is 0 Å². The molecule has 0 aromatic heterocycles. The Hall–Kier alpha value is -3.46. The highest BCUT2D eigenvalue weighted by molar-refractivity contribution is 8.18. The molecule has 38 heavy (non-hydrogen) atoms. The molecule has 3 aromatic rings. The summed E-state index contributed by atoms with van der Waals surface area (Å²) in [7, 11) is 0. The molecule has 3 amide bonds. The standard InChI is InChI=1S/C28H24Cl2N2O5S/c1-3-36-24-13-18(10-11-23(24)37-16-26(33)31-19-7-4-6-17(2)12-19)14-25-27(34)32(28(35)38-25)15-20-21(29)8-5-9-22(20)30/h4-14H,3,15-16H2,1-2H3,(H,31,33)/b25-14+. The predicted octanol–water partition coefficient (Wildman–Crippen LogP) is 6.95. The van der Waals surface area contributed by atoms with Crippen LogP contribution in [0.4, 0.5) is 10.5 Å². The van der Waals surface area contributed by atoms with Gasteiger partial charge in [0.15, 0.2) is 18.1 Å². The first-order valence-corrected chi connectivity index (χ1v) is 13.3. The number of carbonyl (C=O) groups is 3. The van der Waals surface area contributed by atoms with E-state index in [0.29, 0.717) is 45.0 Å². The number of anilines is 1. The predicted molar refractivity (Wildman–Crippen MR) is 151 cm³/mol. The minimum absolute atomic E-state index is 0.0257. The van der Waals surface area contributed by atoms with Crippen LogP contribution in [-0.2, 0) is 16.1 Å². The van der Waals surface area contributed by atoms with Gasteiger partial charge in [-0.15, -0.1) is 0 Å². The van der Waals surface area contributed by atoms with Crippen LogP contribution in [0.25, 0.3) is 6.08 Å². The SMILES string of the molecule is CCOc1cc(/C=C2/SC(=O)N(Cc3c(Cl)cccc3Cl)C2=O)ccc1OCC(=O)Nc1cccc(C)c1. The molecule has 1 heterocycles. The van der Waals surface area contributed by atoms with Gasteiger partial charge in [0, 0.05) is 21.3 Å². The van der Waals surface area contributed by atoms with E-state index in [1.54, 1.807) is 48.5 Å². The summed E-state index contributed by atoms with van der Waals surface area (Å²) in [6.45, 7) is 3.90. The normalized spacial score (nSPS) is 14.2. The third-order valence-electron chi connectivity index (χ3n) is 5.48. The monoisotopic (exact) mass is 570 g/mol. The molecule has 4 rings (SSSR count). The van der Waals surface area contributed by atoms with Crippen molar-refractivity contribution in [2.45, 2.75) is 20.4 Å². The lowest BCUT2D eigenvalue weighted by Gasteiger charge is -2.15. The molecule has 1 fully saturated rings. The summed E-state index contributed by atoms with van der Waals surface area (Å²) in [6, 6.07) is 17.5. The fourth-order valence-corrected chi connectivity index (χ4v) is 5.05. The van der Waals surface area contributed by atoms with Crippen LogP contribution in [0.2, 0.25) is 10.0 Å². The van der Waals surface area contributed by atoms with Crippen molar-refractivity contribution in [3.05, 3.63) is 92.3 Å². The van der Waals surface area contributed by atoms with Crippen LogP contribution in [0.3, 0.4) is 0 Å². The van der Waals surface area contributed by atoms with Crippen molar-refractivity contribution in [2.75, 3.05) is 18.5 Å². The molecule has 0 unspecified atom stereocenters. The second kappa shape index (κ2) is 12.4. The van der Waals surface area contributed by atoms with E-state index in [-0.39, 0.29) is 24.0 Å². The van der Waals surface area contributed by atoms with Crippen LogP contribution < -0.4 is 14.8 Å². The fourth-order valence-electron chi connectivity index (χ4n) is 3.69. The number of hydrogen-bond acceptors (Lipinski definition) is 6. The minimum atomic E-state index is -0.443. The maximum absolute atomic E-state index is 13.0. The largest absolute Gasteiger partial charge is 0.490 e. The first-order chi connectivity index (χ1) is 18.2. The zero-order chi connectivity index (χ0) is 27.2. The molecule has 0 aliphatic carbocycles. The van der Waals surface area contributed by atoms with Crippen molar-refractivity contribution in [3.8, 4) is 11.5 Å². The van der Waals surface area contributed by atoms with Gasteiger partial charge in [-0.2, -0.15) is 0 Å². The molecule has 1 aliphatic rings. The number of nitrogens with zero attached hydrogens (tertiary/aromatic N) is 1. The topological polar surface area (TPSA) is 84.9 Å². The van der Waals surface area contributed by atoms with E-state index in [4.69, 9.17) is 32.7 Å². The molecule has 0 radical (unpaired) electrons. The van der Waals surface area contributed by atoms with Crippen molar-refractivity contribution in [1.82, 2.24) is 4.90 Å². The molecule has 7 nitrogen and oxygen atoms in total. The molecular weight excluding hydrogens is 547 g/mol. The fraction of sp³-hybridized carbons (Fsp3) is 0.179. The zero-order valence-corrected chi connectivity index (χ0v) is 23.0. The van der Waals surface area contributed by atoms with Crippen molar-refractivity contribution in [2.24, 2.45) is 0 Å². The summed E-state index contributed by atoms with van der Waals surface area (Å²) in [5.41, 5.74) is 2.85. The maximum atomic E-state index is 13.0. The van der Waals surface area contributed by atoms with Gasteiger partial charge in [-0.3, -0.25) is 19.3 Å². The van der Waals surface area contributed by atoms with Gasteiger partial charge < -0.3 is 14.8 Å². The molecule has 1 N–H and O–H groups in total. The molecule has 1 saturated heterocycles. The number of aryl methyl sites for hydroxylation is 1. The molecule has 0 spiro atoms. The van der Waals surface area contributed by atoms with Gasteiger partial charge in [0.1, 0.15) is 0 Å². The zero-order valence-electron chi connectivity index (χ0n) is 20.6. The van der Waals surface area contributed by atoms with Gasteiger partial charge in [0.2, 0.25) is 0 Å². The first-order valence-electron chi connectivity index (χ1n) is 11.7. The van der Waals surface area contributed by atoms with E-state index < -0.39 is 11.1 Å². The molecular formula is C28H24Cl2N2O5S. The Morgan fingerprint density at radius 1 is 1.00 bits per heavy atom. The highest BCUT2D eigenvalue weighted by Gasteiger charge is 2.35. The van der Waals surface area contributed by atoms with Crippen LogP contribution in [0.5, 0.6) is 11.5 Å². The minimum Gasteiger partial charge on any atom is -0.490 e. The quantitative estimate of drug-likeness (QED) is 0.280. The Balaban J connectivity index is 1.46. The number of imide groups is 1. The number of carbonyl (C=O) groups excluding carboxylic acids is 3. The summed E-state index contributed by atoms with van der Waals surface area (Å²) < 4.78 is 11.4. The van der Waals surface area contributed by atoms with Crippen molar-refractivity contribution in [1.29, 1.82) is 0 Å². The maximum Gasteiger partial charge on any atom is 0.293 e. The second-order valence-corrected chi connectivity index (χ2v) is 10.1. The highest BCUT2D eigenvalue weighted by atomic mass is 35.5. The van der Waals surface area contributed by atoms with Crippen LogP contribution in [0, 0.1) is 6.92 Å². The third kappa shape index (κ3) is 6.69. The summed E-state index contributed by atoms with van der Waals surface area (Å²) in [4.78, 5) is 39.3. The van der Waals surface area contributed by atoms with E-state index in [1.807, 2.05) is 32.0 Å². The smallest absolute Gasteiger partial charge is 0.293 e. The molecule has 10 heteroatoms. The van der Waals surface area contributed by atoms with E-state index >= 15 is 0 Å². The lowest BCUT2D eigenvalue weighted by Crippen LogP contribution is -2.27. The number of thioether (sulfide) groups is 1. The first kappa shape index (κ1) is 27.6. The Bertz CT molecular complexity index is 1410. The number of rotatable bonds is 9. The van der Waals surface area contributed by atoms with Crippen molar-refractivity contribution in [3.63, 3.8) is 0 Å². The summed E-state index contributed by atoms with van der Waals surface area (Å²) in [6.07, 6.45) is 1.61. The lowest BCUT2D eigenvalue weighted by atomic mass is 10.1. The van der Waals surface area contributed by atoms with Gasteiger partial charge in [-0.25, -0.2) is 0 Å². The molecule has 196 valence electrons. The van der Waals surface area contributed by atoms with Crippen LogP contribution in [0.15, 0.2) is 65.6 Å². The van der Waals surface area contributed by atoms with E-state index in [1.165, 1.54) is 0 Å². The molecule has 0 atom stereocenters. The molecule has 0 bridgehead atoms. The number of hydrogen-bond donors (Lipinski definition) is 1. The number of nitrogens with one attached hydrogen (secondary N) is 1. The van der Waals surface area contributed by atoms with Gasteiger partial charge in [0.25, 0.3) is 17.1 Å². The average Bonchev–Trinajstić information content (AvgIpc) is 3.13. The summed E-state index contributed by atoms with van der Waals surface area (Å²) in [5.74, 6) is 0.0352. The third-order valence-corrected chi connectivity index (χ3v) is 7.09. The summed E-state index contributed by atoms with van der Waals surface area (Å²) in [5, 5.41) is 3.14. The van der Waals surface area contributed by atoms with Crippen molar-refractivity contribution < 1.29 is 23.9 Å². The number of amides is 3. The van der Waals surface area contributed by atoms with Crippen LogP contribution >= 0.6 is 35.0 Å². The van der Waals surface area contributed by atoms with Crippen LogP contribution in [-0.4, -0.2) is 35.2 Å². The molecule has 1 aliphatic heterocycles. The summed E-state index contributed by atoms with van der Waals surface area (Å²) >= 11 is 13.3. The van der Waals surface area contributed by atoms with Gasteiger partial charge in [0.05, 0.1) is 18.1 Å². The van der Waals surface area contributed by atoms with Crippen molar-refractivity contribution >= 4 is 63.8 Å². The average molecular weight is 571 g/mol. The lowest BCUT2D eigenvalue weighted by molar-refractivity contribution is -0.123. The second-order valence-electron chi connectivity index (χ2n) is 8.31. The van der Waals surface area contributed by atoms with E-state index in [2.05, 4.69) is 5.32 Å². The van der Waals surface area contributed by atoms with Gasteiger partial charge in [-0.1, -0.05) is 47.5 Å². The molecule has 0 saturated carbocycles.